The van der Waals surface area contributed by atoms with Gasteiger partial charge in [-0.15, -0.1) is 0 Å². The average Bonchev–Trinajstić information content (AvgIpc) is 2.72. The second-order valence-corrected chi connectivity index (χ2v) is 3.21. The molecule has 1 aromatic rings. The highest BCUT2D eigenvalue weighted by atomic mass is 16.5. The molecular weight excluding hydrogens is 226 g/mol. The molecule has 1 rings (SSSR count). The van der Waals surface area contributed by atoms with Crippen molar-refractivity contribution < 1.29 is 19.1 Å². The molecule has 0 unspecified atom stereocenters. The topological polar surface area (TPSA) is 89.4 Å². The Bertz CT molecular complexity index is 439. The quantitative estimate of drug-likeness (QED) is 0.705. The number of imide groups is 1. The maximum Gasteiger partial charge on any atom is 0.355 e. The molecule has 0 fully saturated rings. The molecule has 0 aliphatic carbocycles. The molecule has 0 radical (unpaired) electrons. The maximum absolute atomic E-state index is 11.5. The zero-order valence-electron chi connectivity index (χ0n) is 9.52. The summed E-state index contributed by atoms with van der Waals surface area (Å²) in [6.45, 7) is -0.503. The zero-order valence-corrected chi connectivity index (χ0v) is 9.52. The number of urea groups is 1. The fourth-order valence-corrected chi connectivity index (χ4v) is 1.10. The SMILES string of the molecule is CNC(=O)NC(=O)COC(=O)c1cccn1C. The number of ether oxygens (including phenoxy) is 1. The van der Waals surface area contributed by atoms with Crippen LogP contribution in [0.4, 0.5) is 4.79 Å². The van der Waals surface area contributed by atoms with Crippen LogP contribution in [0.25, 0.3) is 0 Å². The molecular formula is C10H13N3O4. The Labute approximate surface area is 97.7 Å². The normalized spacial score (nSPS) is 9.53. The van der Waals surface area contributed by atoms with Gasteiger partial charge in [-0.2, -0.15) is 0 Å². The summed E-state index contributed by atoms with van der Waals surface area (Å²) in [6, 6.07) is 2.60. The van der Waals surface area contributed by atoms with Gasteiger partial charge in [0.25, 0.3) is 5.91 Å². The van der Waals surface area contributed by atoms with Gasteiger partial charge in [0.1, 0.15) is 5.69 Å². The highest BCUT2D eigenvalue weighted by Crippen LogP contribution is 2.01. The number of amides is 3. The minimum atomic E-state index is -0.688. The third-order valence-electron chi connectivity index (χ3n) is 1.97. The monoisotopic (exact) mass is 239 g/mol. The summed E-state index contributed by atoms with van der Waals surface area (Å²) in [5.74, 6) is -1.31. The zero-order chi connectivity index (χ0) is 12.8. The van der Waals surface area contributed by atoms with Gasteiger partial charge in [0.05, 0.1) is 0 Å². The van der Waals surface area contributed by atoms with Crippen LogP contribution < -0.4 is 10.6 Å². The maximum atomic E-state index is 11.5. The summed E-state index contributed by atoms with van der Waals surface area (Å²) in [7, 11) is 3.06. The lowest BCUT2D eigenvalue weighted by molar-refractivity contribution is -0.123. The number of aromatic nitrogens is 1. The molecule has 1 aromatic heterocycles. The van der Waals surface area contributed by atoms with Crippen molar-refractivity contribution in [2.24, 2.45) is 7.05 Å². The van der Waals surface area contributed by atoms with Crippen LogP contribution in [0, 0.1) is 0 Å². The summed E-state index contributed by atoms with van der Waals surface area (Å²) in [4.78, 5) is 33.3. The van der Waals surface area contributed by atoms with Gasteiger partial charge in [-0.3, -0.25) is 10.1 Å². The number of carbonyl (C=O) groups is 3. The molecule has 7 heteroatoms. The smallest absolute Gasteiger partial charge is 0.355 e. The first-order valence-electron chi connectivity index (χ1n) is 4.84. The second-order valence-electron chi connectivity index (χ2n) is 3.21. The van der Waals surface area contributed by atoms with Crippen molar-refractivity contribution >= 4 is 17.9 Å². The van der Waals surface area contributed by atoms with Gasteiger partial charge in [-0.05, 0) is 12.1 Å². The number of nitrogens with one attached hydrogen (secondary N) is 2. The number of hydrogen-bond donors (Lipinski definition) is 2. The Kier molecular flexibility index (Phi) is 4.27. The third-order valence-corrected chi connectivity index (χ3v) is 1.97. The Morgan fingerprint density at radius 1 is 1.41 bits per heavy atom. The van der Waals surface area contributed by atoms with Gasteiger partial charge in [0.15, 0.2) is 6.61 Å². The lowest BCUT2D eigenvalue weighted by atomic mass is 10.4. The minimum absolute atomic E-state index is 0.331. The molecule has 1 heterocycles. The van der Waals surface area contributed by atoms with Gasteiger partial charge in [0.2, 0.25) is 0 Å². The molecule has 17 heavy (non-hydrogen) atoms. The average molecular weight is 239 g/mol. The number of rotatable bonds is 3. The predicted octanol–water partition coefficient (Wildman–Crippen LogP) is -0.363. The van der Waals surface area contributed by atoms with Crippen molar-refractivity contribution in [1.29, 1.82) is 0 Å². The van der Waals surface area contributed by atoms with Crippen LogP contribution in [0.15, 0.2) is 18.3 Å². The third kappa shape index (κ3) is 3.63. The lowest BCUT2D eigenvalue weighted by Gasteiger charge is -2.05. The van der Waals surface area contributed by atoms with E-state index >= 15 is 0 Å². The molecule has 2 N–H and O–H groups in total. The summed E-state index contributed by atoms with van der Waals surface area (Å²) in [5.41, 5.74) is 0.331. The predicted molar refractivity (Wildman–Crippen MR) is 58.3 cm³/mol. The van der Waals surface area contributed by atoms with Crippen LogP contribution >= 0.6 is 0 Å². The first-order valence-corrected chi connectivity index (χ1v) is 4.84. The Balaban J connectivity index is 2.41. The van der Waals surface area contributed by atoms with E-state index in [9.17, 15) is 14.4 Å². The standard InChI is InChI=1S/C10H13N3O4/c1-11-10(16)12-8(14)6-17-9(15)7-4-3-5-13(7)2/h3-5H,6H2,1-2H3,(H2,11,12,14,16). The molecule has 0 aliphatic rings. The van der Waals surface area contributed by atoms with Crippen LogP contribution in [-0.4, -0.2) is 36.1 Å². The van der Waals surface area contributed by atoms with Crippen LogP contribution in [0.5, 0.6) is 0 Å². The van der Waals surface area contributed by atoms with Crippen molar-refractivity contribution in [3.63, 3.8) is 0 Å². The number of aryl methyl sites for hydroxylation is 1. The van der Waals surface area contributed by atoms with E-state index in [1.54, 1.807) is 29.9 Å². The summed E-state index contributed by atoms with van der Waals surface area (Å²) in [5, 5.41) is 4.18. The molecule has 92 valence electrons. The highest BCUT2D eigenvalue weighted by molar-refractivity contribution is 5.96. The van der Waals surface area contributed by atoms with E-state index in [-0.39, 0.29) is 0 Å². The summed E-state index contributed by atoms with van der Waals surface area (Å²) < 4.78 is 6.29. The molecule has 0 saturated carbocycles. The molecule has 0 aromatic carbocycles. The largest absolute Gasteiger partial charge is 0.451 e. The molecule has 0 aliphatic heterocycles. The second kappa shape index (κ2) is 5.69. The van der Waals surface area contributed by atoms with E-state index in [0.717, 1.165) is 0 Å². The van der Waals surface area contributed by atoms with E-state index < -0.39 is 24.5 Å². The Morgan fingerprint density at radius 2 is 2.12 bits per heavy atom. The Morgan fingerprint density at radius 3 is 2.65 bits per heavy atom. The van der Waals surface area contributed by atoms with Crippen molar-refractivity contribution in [3.8, 4) is 0 Å². The number of hydrogen-bond acceptors (Lipinski definition) is 4. The van der Waals surface area contributed by atoms with E-state index in [1.807, 2.05) is 5.32 Å². The minimum Gasteiger partial charge on any atom is -0.451 e. The van der Waals surface area contributed by atoms with Crippen LogP contribution in [0.2, 0.25) is 0 Å². The van der Waals surface area contributed by atoms with Crippen molar-refractivity contribution in [2.45, 2.75) is 0 Å². The molecule has 0 bridgehead atoms. The van der Waals surface area contributed by atoms with E-state index in [1.165, 1.54) is 7.05 Å². The van der Waals surface area contributed by atoms with E-state index in [2.05, 4.69) is 5.32 Å². The fourth-order valence-electron chi connectivity index (χ4n) is 1.10. The molecule has 7 nitrogen and oxygen atoms in total. The molecule has 3 amide bonds. The first kappa shape index (κ1) is 12.8. The van der Waals surface area contributed by atoms with Gasteiger partial charge in [-0.1, -0.05) is 0 Å². The fraction of sp³-hybridized carbons (Fsp3) is 0.300. The molecule has 0 saturated heterocycles. The van der Waals surface area contributed by atoms with Gasteiger partial charge >= 0.3 is 12.0 Å². The van der Waals surface area contributed by atoms with E-state index in [0.29, 0.717) is 5.69 Å². The van der Waals surface area contributed by atoms with Crippen molar-refractivity contribution in [1.82, 2.24) is 15.2 Å². The van der Waals surface area contributed by atoms with Crippen molar-refractivity contribution in [2.75, 3.05) is 13.7 Å². The van der Waals surface area contributed by atoms with E-state index in [4.69, 9.17) is 4.74 Å². The molecule has 0 spiro atoms. The number of nitrogens with zero attached hydrogens (tertiary/aromatic N) is 1. The Hall–Kier alpha value is -2.31. The number of esters is 1. The van der Waals surface area contributed by atoms with Gasteiger partial charge < -0.3 is 14.6 Å². The van der Waals surface area contributed by atoms with Crippen molar-refractivity contribution in [3.05, 3.63) is 24.0 Å². The van der Waals surface area contributed by atoms with Crippen LogP contribution in [-0.2, 0) is 16.6 Å². The van der Waals surface area contributed by atoms with Crippen LogP contribution in [0.3, 0.4) is 0 Å². The van der Waals surface area contributed by atoms with Gasteiger partial charge in [0, 0.05) is 20.3 Å². The molecule has 0 atom stereocenters. The summed E-state index contributed by atoms with van der Waals surface area (Å²) in [6.07, 6.45) is 1.68. The summed E-state index contributed by atoms with van der Waals surface area (Å²) >= 11 is 0. The first-order chi connectivity index (χ1) is 8.04. The highest BCUT2D eigenvalue weighted by Gasteiger charge is 2.13. The van der Waals surface area contributed by atoms with Gasteiger partial charge in [-0.25, -0.2) is 9.59 Å². The lowest BCUT2D eigenvalue weighted by Crippen LogP contribution is -2.39. The van der Waals surface area contributed by atoms with Crippen LogP contribution in [0.1, 0.15) is 10.5 Å². The number of carbonyl (C=O) groups excluding carboxylic acids is 3.